The van der Waals surface area contributed by atoms with Gasteiger partial charge >= 0.3 is 5.97 Å². The van der Waals surface area contributed by atoms with Crippen LogP contribution in [0.25, 0.3) is 0 Å². The van der Waals surface area contributed by atoms with Crippen LogP contribution in [0.3, 0.4) is 0 Å². The molecule has 0 unspecified atom stereocenters. The molecule has 166 valence electrons. The van der Waals surface area contributed by atoms with Crippen LogP contribution in [0.1, 0.15) is 59.3 Å². The number of esters is 1. The molecule has 0 aromatic heterocycles. The maximum absolute atomic E-state index is 12.5. The van der Waals surface area contributed by atoms with Gasteiger partial charge in [-0.05, 0) is 28.3 Å². The second kappa shape index (κ2) is 8.89. The van der Waals surface area contributed by atoms with Crippen LogP contribution >= 0.6 is 0 Å². The topological polar surface area (TPSA) is 44.8 Å². The molecule has 31 heavy (non-hydrogen) atoms. The number of ether oxygens (including phenoxy) is 2. The molecule has 2 aliphatic rings. The zero-order valence-corrected chi connectivity index (χ0v) is 19.9. The van der Waals surface area contributed by atoms with Gasteiger partial charge in [-0.1, -0.05) is 87.9 Å². The van der Waals surface area contributed by atoms with E-state index in [1.165, 1.54) is 16.8 Å². The molecule has 1 aliphatic carbocycles. The second-order valence-corrected chi connectivity index (χ2v) is 14.1. The minimum Gasteiger partial charge on any atom is -0.431 e. The summed E-state index contributed by atoms with van der Waals surface area (Å²) in [5.74, 6) is -0.912. The molecule has 1 aliphatic heterocycles. The lowest BCUT2D eigenvalue weighted by Crippen LogP contribution is -2.66. The second-order valence-electron chi connectivity index (χ2n) is 9.80. The predicted octanol–water partition coefficient (Wildman–Crippen LogP) is 4.56. The summed E-state index contributed by atoms with van der Waals surface area (Å²) in [6.45, 7) is 7.24. The van der Waals surface area contributed by atoms with Crippen LogP contribution in [0.15, 0.2) is 60.7 Å². The normalized spacial score (nSPS) is 21.3. The Morgan fingerprint density at radius 1 is 0.935 bits per heavy atom. The van der Waals surface area contributed by atoms with Crippen LogP contribution in [-0.2, 0) is 18.7 Å². The summed E-state index contributed by atoms with van der Waals surface area (Å²) in [6.07, 6.45) is 4.90. The van der Waals surface area contributed by atoms with Gasteiger partial charge in [0.05, 0.1) is 0 Å². The molecule has 1 saturated heterocycles. The van der Waals surface area contributed by atoms with Crippen LogP contribution in [0.4, 0.5) is 0 Å². The molecule has 4 nitrogen and oxygen atoms in total. The first-order chi connectivity index (χ1) is 14.9. The molecule has 1 heterocycles. The molecule has 4 rings (SSSR count). The molecule has 0 N–H and O–H groups in total. The van der Waals surface area contributed by atoms with Crippen molar-refractivity contribution in [1.29, 1.82) is 0 Å². The van der Waals surface area contributed by atoms with E-state index in [-0.39, 0.29) is 11.0 Å². The fraction of sp³-hybridized carbons (Fsp3) is 0.500. The van der Waals surface area contributed by atoms with Crippen LogP contribution in [0.2, 0.25) is 5.04 Å². The van der Waals surface area contributed by atoms with Crippen LogP contribution < -0.4 is 10.4 Å². The fourth-order valence-electron chi connectivity index (χ4n) is 5.15. The van der Waals surface area contributed by atoms with E-state index in [0.29, 0.717) is 13.0 Å². The molecule has 1 saturated carbocycles. The molecule has 2 aromatic rings. The molecule has 2 fully saturated rings. The SMILES string of the molecule is CC(C)(C)[Si](OCC[C@H]1OC2(CCCCC2)OC1=O)(c1ccccc1)c1ccccc1. The standard InChI is InChI=1S/C26H34O4Si/c1-25(2,3)31(21-13-7-4-8-14-21,22-15-9-5-10-16-22)28-20-17-23-24(27)30-26(29-23)18-11-6-12-19-26/h4-5,7-10,13-16,23H,6,11-12,17-20H2,1-3H3/t23-/m1/s1. The van der Waals surface area contributed by atoms with Crippen molar-refractivity contribution in [3.05, 3.63) is 60.7 Å². The van der Waals surface area contributed by atoms with E-state index in [9.17, 15) is 4.79 Å². The van der Waals surface area contributed by atoms with E-state index in [1.807, 2.05) is 12.1 Å². The van der Waals surface area contributed by atoms with Crippen molar-refractivity contribution in [2.75, 3.05) is 6.61 Å². The van der Waals surface area contributed by atoms with Gasteiger partial charge in [0.1, 0.15) is 0 Å². The summed E-state index contributed by atoms with van der Waals surface area (Å²) in [5, 5.41) is 2.40. The van der Waals surface area contributed by atoms with Gasteiger partial charge in [0.2, 0.25) is 5.79 Å². The quantitative estimate of drug-likeness (QED) is 0.490. The van der Waals surface area contributed by atoms with Gasteiger partial charge in [-0.3, -0.25) is 0 Å². The Morgan fingerprint density at radius 2 is 1.48 bits per heavy atom. The van der Waals surface area contributed by atoms with Gasteiger partial charge in [-0.2, -0.15) is 0 Å². The summed E-state index contributed by atoms with van der Waals surface area (Å²) < 4.78 is 18.8. The zero-order chi connectivity index (χ0) is 22.0. The molecular formula is C26H34O4Si. The predicted molar refractivity (Wildman–Crippen MR) is 125 cm³/mol. The number of benzene rings is 2. The lowest BCUT2D eigenvalue weighted by atomic mass is 9.94. The van der Waals surface area contributed by atoms with Crippen LogP contribution in [-0.4, -0.2) is 32.8 Å². The Balaban J connectivity index is 1.57. The van der Waals surface area contributed by atoms with Gasteiger partial charge in [0.25, 0.3) is 8.32 Å². The van der Waals surface area contributed by atoms with Crippen molar-refractivity contribution in [2.24, 2.45) is 0 Å². The number of hydrogen-bond acceptors (Lipinski definition) is 4. The Bertz CT molecular complexity index is 830. The smallest absolute Gasteiger partial charge is 0.338 e. The average Bonchev–Trinajstić information content (AvgIpc) is 3.06. The number of hydrogen-bond donors (Lipinski definition) is 0. The van der Waals surface area contributed by atoms with Crippen LogP contribution in [0.5, 0.6) is 0 Å². The van der Waals surface area contributed by atoms with E-state index >= 15 is 0 Å². The maximum Gasteiger partial charge on any atom is 0.338 e. The number of carbonyl (C=O) groups excluding carboxylic acids is 1. The Labute approximate surface area is 187 Å². The largest absolute Gasteiger partial charge is 0.431 e. The molecule has 0 amide bonds. The highest BCUT2D eigenvalue weighted by Crippen LogP contribution is 2.40. The summed E-state index contributed by atoms with van der Waals surface area (Å²) >= 11 is 0. The van der Waals surface area contributed by atoms with E-state index in [4.69, 9.17) is 13.9 Å². The van der Waals surface area contributed by atoms with Gasteiger partial charge in [-0.25, -0.2) is 4.79 Å². The van der Waals surface area contributed by atoms with Gasteiger partial charge in [0, 0.05) is 25.9 Å². The van der Waals surface area contributed by atoms with Crippen molar-refractivity contribution in [2.45, 2.75) is 76.2 Å². The van der Waals surface area contributed by atoms with Gasteiger partial charge in [0.15, 0.2) is 6.10 Å². The fourth-order valence-corrected chi connectivity index (χ4v) is 9.73. The lowest BCUT2D eigenvalue weighted by molar-refractivity contribution is -0.192. The lowest BCUT2D eigenvalue weighted by Gasteiger charge is -2.43. The van der Waals surface area contributed by atoms with Gasteiger partial charge in [-0.15, -0.1) is 0 Å². The molecule has 0 bridgehead atoms. The highest BCUT2D eigenvalue weighted by molar-refractivity contribution is 6.99. The van der Waals surface area contributed by atoms with E-state index in [2.05, 4.69) is 69.3 Å². The molecule has 1 spiro atoms. The molecule has 1 atom stereocenters. The van der Waals surface area contributed by atoms with E-state index < -0.39 is 20.2 Å². The van der Waals surface area contributed by atoms with Crippen LogP contribution in [0, 0.1) is 0 Å². The van der Waals surface area contributed by atoms with Crippen molar-refractivity contribution >= 4 is 24.7 Å². The third-order valence-corrected chi connectivity index (χ3v) is 11.7. The minimum absolute atomic E-state index is 0.0860. The Hall–Kier alpha value is -1.95. The van der Waals surface area contributed by atoms with E-state index in [1.54, 1.807) is 0 Å². The zero-order valence-electron chi connectivity index (χ0n) is 18.9. The van der Waals surface area contributed by atoms with E-state index in [0.717, 1.165) is 25.7 Å². The number of rotatable bonds is 6. The highest BCUT2D eigenvalue weighted by atomic mass is 28.4. The van der Waals surface area contributed by atoms with Crippen molar-refractivity contribution in [1.82, 2.24) is 0 Å². The van der Waals surface area contributed by atoms with Crippen molar-refractivity contribution in [3.63, 3.8) is 0 Å². The first-order valence-corrected chi connectivity index (χ1v) is 13.4. The Kier molecular flexibility index (Phi) is 6.38. The maximum atomic E-state index is 12.5. The molecule has 0 radical (unpaired) electrons. The molecule has 5 heteroatoms. The van der Waals surface area contributed by atoms with Crippen molar-refractivity contribution in [3.8, 4) is 0 Å². The van der Waals surface area contributed by atoms with Gasteiger partial charge < -0.3 is 13.9 Å². The summed E-state index contributed by atoms with van der Waals surface area (Å²) in [7, 11) is -2.60. The highest BCUT2D eigenvalue weighted by Gasteiger charge is 2.51. The summed E-state index contributed by atoms with van der Waals surface area (Å²) in [6, 6.07) is 21.1. The summed E-state index contributed by atoms with van der Waals surface area (Å²) in [5.41, 5.74) is 0. The first kappa shape index (κ1) is 22.2. The number of carbonyl (C=O) groups is 1. The third kappa shape index (κ3) is 4.36. The van der Waals surface area contributed by atoms with Crippen molar-refractivity contribution < 1.29 is 18.7 Å². The molecular weight excluding hydrogens is 404 g/mol. The third-order valence-electron chi connectivity index (χ3n) is 6.64. The summed E-state index contributed by atoms with van der Waals surface area (Å²) in [4.78, 5) is 12.5. The Morgan fingerprint density at radius 3 is 2.00 bits per heavy atom. The minimum atomic E-state index is -2.60. The molecule has 2 aromatic carbocycles. The first-order valence-electron chi connectivity index (χ1n) is 11.5. The average molecular weight is 439 g/mol. The monoisotopic (exact) mass is 438 g/mol.